The number of nitrogens with zero attached hydrogens (tertiary/aromatic N) is 3. The number of sulfonamides is 1. The molecule has 1 aromatic heterocycles. The quantitative estimate of drug-likeness (QED) is 0.641. The number of nitrogens with one attached hydrogen (secondary N) is 2. The first-order valence-electron chi connectivity index (χ1n) is 11.5. The molecule has 1 aromatic carbocycles. The monoisotopic (exact) mass is 473 g/mol. The molecule has 1 aliphatic carbocycles. The molecular formula is C23H31N5O4S. The van der Waals surface area contributed by atoms with Crippen molar-refractivity contribution in [1.82, 2.24) is 19.4 Å². The average Bonchev–Trinajstić information content (AvgIpc) is 3.46. The predicted molar refractivity (Wildman–Crippen MR) is 124 cm³/mol. The fourth-order valence-corrected chi connectivity index (χ4v) is 5.94. The molecule has 1 aliphatic heterocycles. The Morgan fingerprint density at radius 1 is 1.06 bits per heavy atom. The zero-order chi connectivity index (χ0) is 23.4. The molecule has 10 heteroatoms. The van der Waals surface area contributed by atoms with Crippen LogP contribution in [0.3, 0.4) is 0 Å². The summed E-state index contributed by atoms with van der Waals surface area (Å²) in [6.45, 7) is 2.63. The standard InChI is InChI=1S/C23H31N5O4S/c1-17-6-8-21(9-7-17)33(31,32)28-12-10-18(11-13-28)23(30)26-20-14-24-27(15-20)16-22(29)25-19-4-2-3-5-19/h6-9,14-15,18-19H,2-5,10-13,16H2,1H3,(H,25,29)(H,26,30). The zero-order valence-electron chi connectivity index (χ0n) is 18.9. The highest BCUT2D eigenvalue weighted by Gasteiger charge is 2.32. The molecule has 0 unspecified atom stereocenters. The Morgan fingerprint density at radius 2 is 1.73 bits per heavy atom. The molecule has 2 fully saturated rings. The first kappa shape index (κ1) is 23.4. The molecule has 2 aliphatic rings. The largest absolute Gasteiger partial charge is 0.352 e. The zero-order valence-corrected chi connectivity index (χ0v) is 19.7. The molecule has 2 amide bonds. The molecule has 9 nitrogen and oxygen atoms in total. The molecule has 0 atom stereocenters. The first-order valence-corrected chi connectivity index (χ1v) is 12.9. The number of carbonyl (C=O) groups is 2. The minimum Gasteiger partial charge on any atom is -0.352 e. The Labute approximate surface area is 194 Å². The van der Waals surface area contributed by atoms with Crippen LogP contribution < -0.4 is 10.6 Å². The minimum atomic E-state index is -3.55. The van der Waals surface area contributed by atoms with Crippen LogP contribution >= 0.6 is 0 Å². The molecular weight excluding hydrogens is 442 g/mol. The van der Waals surface area contributed by atoms with E-state index in [-0.39, 0.29) is 35.2 Å². The second-order valence-corrected chi connectivity index (χ2v) is 10.9. The maximum atomic E-state index is 12.8. The second kappa shape index (κ2) is 10.0. The second-order valence-electron chi connectivity index (χ2n) is 8.96. The number of piperidine rings is 1. The Morgan fingerprint density at radius 3 is 2.39 bits per heavy atom. The molecule has 2 aromatic rings. The highest BCUT2D eigenvalue weighted by Crippen LogP contribution is 2.25. The number of hydrogen-bond donors (Lipinski definition) is 2. The van der Waals surface area contributed by atoms with E-state index in [4.69, 9.17) is 0 Å². The van der Waals surface area contributed by atoms with Gasteiger partial charge in [0.1, 0.15) is 6.54 Å². The summed E-state index contributed by atoms with van der Waals surface area (Å²) in [5.41, 5.74) is 1.53. The highest BCUT2D eigenvalue weighted by molar-refractivity contribution is 7.89. The Balaban J connectivity index is 1.26. The van der Waals surface area contributed by atoms with Crippen LogP contribution in [0.25, 0.3) is 0 Å². The number of amides is 2. The lowest BCUT2D eigenvalue weighted by Crippen LogP contribution is -2.41. The van der Waals surface area contributed by atoms with E-state index < -0.39 is 10.0 Å². The minimum absolute atomic E-state index is 0.0787. The predicted octanol–water partition coefficient (Wildman–Crippen LogP) is 2.29. The lowest BCUT2D eigenvalue weighted by Gasteiger charge is -2.30. The Bertz CT molecular complexity index is 1080. The van der Waals surface area contributed by atoms with E-state index in [1.165, 1.54) is 15.2 Å². The van der Waals surface area contributed by atoms with Gasteiger partial charge in [-0.3, -0.25) is 14.3 Å². The highest BCUT2D eigenvalue weighted by atomic mass is 32.2. The van der Waals surface area contributed by atoms with E-state index in [1.807, 2.05) is 6.92 Å². The third-order valence-corrected chi connectivity index (χ3v) is 8.32. The van der Waals surface area contributed by atoms with Crippen molar-refractivity contribution in [3.63, 3.8) is 0 Å². The lowest BCUT2D eigenvalue weighted by molar-refractivity contribution is -0.122. The summed E-state index contributed by atoms with van der Waals surface area (Å²) in [6.07, 6.45) is 8.43. The van der Waals surface area contributed by atoms with Gasteiger partial charge in [0.25, 0.3) is 0 Å². The number of carbonyl (C=O) groups excluding carboxylic acids is 2. The van der Waals surface area contributed by atoms with Gasteiger partial charge in [0.2, 0.25) is 21.8 Å². The van der Waals surface area contributed by atoms with Gasteiger partial charge in [0.15, 0.2) is 0 Å². The summed E-state index contributed by atoms with van der Waals surface area (Å²) in [5, 5.41) is 10.0. The van der Waals surface area contributed by atoms with E-state index in [1.54, 1.807) is 30.5 Å². The molecule has 2 heterocycles. The van der Waals surface area contributed by atoms with E-state index in [0.29, 0.717) is 31.6 Å². The van der Waals surface area contributed by atoms with Crippen LogP contribution in [0.4, 0.5) is 5.69 Å². The molecule has 0 bridgehead atoms. The molecule has 4 rings (SSSR count). The molecule has 1 saturated heterocycles. The van der Waals surface area contributed by atoms with Crippen LogP contribution in [-0.2, 0) is 26.2 Å². The normalized spacial score (nSPS) is 18.3. The maximum absolute atomic E-state index is 12.8. The first-order chi connectivity index (χ1) is 15.8. The maximum Gasteiger partial charge on any atom is 0.243 e. The summed E-state index contributed by atoms with van der Waals surface area (Å²) < 4.78 is 28.7. The number of aromatic nitrogens is 2. The summed E-state index contributed by atoms with van der Waals surface area (Å²) in [4.78, 5) is 25.1. The third kappa shape index (κ3) is 5.80. The van der Waals surface area contributed by atoms with Gasteiger partial charge in [0, 0.05) is 31.2 Å². The van der Waals surface area contributed by atoms with Gasteiger partial charge in [-0.1, -0.05) is 30.5 Å². The summed E-state index contributed by atoms with van der Waals surface area (Å²) in [5.74, 6) is -0.508. The third-order valence-electron chi connectivity index (χ3n) is 6.41. The average molecular weight is 474 g/mol. The molecule has 1 saturated carbocycles. The van der Waals surface area contributed by atoms with Crippen molar-refractivity contribution < 1.29 is 18.0 Å². The molecule has 33 heavy (non-hydrogen) atoms. The summed E-state index contributed by atoms with van der Waals surface area (Å²) in [6, 6.07) is 7.06. The topological polar surface area (TPSA) is 113 Å². The van der Waals surface area contributed by atoms with Crippen LogP contribution in [0.2, 0.25) is 0 Å². The van der Waals surface area contributed by atoms with Crippen molar-refractivity contribution in [3.05, 3.63) is 42.2 Å². The van der Waals surface area contributed by atoms with Crippen molar-refractivity contribution in [2.75, 3.05) is 18.4 Å². The van der Waals surface area contributed by atoms with Gasteiger partial charge in [-0.25, -0.2) is 8.42 Å². The van der Waals surface area contributed by atoms with E-state index in [2.05, 4.69) is 15.7 Å². The van der Waals surface area contributed by atoms with Crippen LogP contribution in [0.1, 0.15) is 44.1 Å². The number of rotatable bonds is 7. The molecule has 2 N–H and O–H groups in total. The molecule has 178 valence electrons. The van der Waals surface area contributed by atoms with Crippen molar-refractivity contribution >= 4 is 27.5 Å². The van der Waals surface area contributed by atoms with Crippen molar-refractivity contribution in [2.24, 2.45) is 5.92 Å². The van der Waals surface area contributed by atoms with E-state index in [0.717, 1.165) is 31.2 Å². The van der Waals surface area contributed by atoms with Crippen molar-refractivity contribution in [1.29, 1.82) is 0 Å². The van der Waals surface area contributed by atoms with Crippen LogP contribution in [0.5, 0.6) is 0 Å². The lowest BCUT2D eigenvalue weighted by atomic mass is 9.97. The van der Waals surface area contributed by atoms with Crippen LogP contribution in [0.15, 0.2) is 41.6 Å². The Kier molecular flexibility index (Phi) is 7.14. The van der Waals surface area contributed by atoms with Gasteiger partial charge in [0.05, 0.1) is 16.8 Å². The smallest absolute Gasteiger partial charge is 0.243 e. The van der Waals surface area contributed by atoms with E-state index >= 15 is 0 Å². The van der Waals surface area contributed by atoms with Gasteiger partial charge in [-0.05, 0) is 44.7 Å². The van der Waals surface area contributed by atoms with E-state index in [9.17, 15) is 18.0 Å². The van der Waals surface area contributed by atoms with Gasteiger partial charge < -0.3 is 10.6 Å². The van der Waals surface area contributed by atoms with Crippen LogP contribution in [-0.4, -0.2) is 53.4 Å². The van der Waals surface area contributed by atoms with Crippen molar-refractivity contribution in [3.8, 4) is 0 Å². The van der Waals surface area contributed by atoms with Gasteiger partial charge in [-0.2, -0.15) is 9.40 Å². The number of hydrogen-bond acceptors (Lipinski definition) is 5. The van der Waals surface area contributed by atoms with Gasteiger partial charge in [-0.15, -0.1) is 0 Å². The molecule has 0 spiro atoms. The number of benzene rings is 1. The van der Waals surface area contributed by atoms with Gasteiger partial charge >= 0.3 is 0 Å². The SMILES string of the molecule is Cc1ccc(S(=O)(=O)N2CCC(C(=O)Nc3cnn(CC(=O)NC4CCCC4)c3)CC2)cc1. The fourth-order valence-electron chi connectivity index (χ4n) is 4.47. The molecule has 0 radical (unpaired) electrons. The van der Waals surface area contributed by atoms with Crippen molar-refractivity contribution in [2.45, 2.75) is 62.9 Å². The fraction of sp³-hybridized carbons (Fsp3) is 0.522. The number of anilines is 1. The summed E-state index contributed by atoms with van der Waals surface area (Å²) >= 11 is 0. The number of aryl methyl sites for hydroxylation is 1. The summed E-state index contributed by atoms with van der Waals surface area (Å²) in [7, 11) is -3.55. The van der Waals surface area contributed by atoms with Crippen LogP contribution in [0, 0.1) is 12.8 Å². The Hall–Kier alpha value is -2.72.